The van der Waals surface area contributed by atoms with Crippen LogP contribution >= 0.6 is 0 Å². The second-order valence-corrected chi connectivity index (χ2v) is 5.63. The van der Waals surface area contributed by atoms with Gasteiger partial charge < -0.3 is 9.57 Å². The number of hydrogen-bond acceptors (Lipinski definition) is 4. The van der Waals surface area contributed by atoms with Gasteiger partial charge in [0, 0.05) is 6.54 Å². The first-order chi connectivity index (χ1) is 11.8. The summed E-state index contributed by atoms with van der Waals surface area (Å²) in [5, 5.41) is 0. The summed E-state index contributed by atoms with van der Waals surface area (Å²) in [5.41, 5.74) is 5.17. The van der Waals surface area contributed by atoms with Crippen LogP contribution in [0.2, 0.25) is 0 Å². The summed E-state index contributed by atoms with van der Waals surface area (Å²) in [4.78, 5) is 16.4. The number of hydroxylamine groups is 1. The third-order valence-corrected chi connectivity index (χ3v) is 3.57. The van der Waals surface area contributed by atoms with Gasteiger partial charge in [-0.05, 0) is 36.1 Å². The van der Waals surface area contributed by atoms with Crippen molar-refractivity contribution in [2.24, 2.45) is 0 Å². The summed E-state index contributed by atoms with van der Waals surface area (Å²) in [7, 11) is 0. The zero-order valence-corrected chi connectivity index (χ0v) is 14.2. The molecule has 0 saturated carbocycles. The Hall–Kier alpha value is -2.33. The van der Waals surface area contributed by atoms with Crippen LogP contribution < -0.4 is 10.2 Å². The maximum absolute atomic E-state index is 11.5. The molecule has 0 aromatic heterocycles. The number of nitrogens with one attached hydrogen (secondary N) is 1. The average Bonchev–Trinajstić information content (AvgIpc) is 2.61. The number of ether oxygens (including phenoxy) is 1. The van der Waals surface area contributed by atoms with E-state index in [4.69, 9.17) is 9.57 Å². The summed E-state index contributed by atoms with van der Waals surface area (Å²) >= 11 is 0. The van der Waals surface area contributed by atoms with Crippen LogP contribution in [-0.2, 0) is 16.1 Å². The monoisotopic (exact) mass is 327 g/mol. The molecule has 0 aliphatic carbocycles. The van der Waals surface area contributed by atoms with Gasteiger partial charge in [0.05, 0.1) is 13.0 Å². The summed E-state index contributed by atoms with van der Waals surface area (Å²) in [6, 6.07) is 18.3. The SMILES string of the molecule is CCCCNOC(=O)CCOc1ccc(Cc2ccccc2)cc1. The van der Waals surface area contributed by atoms with Crippen LogP contribution in [0.15, 0.2) is 54.6 Å². The van der Waals surface area contributed by atoms with Crippen LogP contribution in [0.5, 0.6) is 5.75 Å². The van der Waals surface area contributed by atoms with Crippen molar-refractivity contribution < 1.29 is 14.4 Å². The van der Waals surface area contributed by atoms with Crippen LogP contribution in [0, 0.1) is 0 Å². The van der Waals surface area contributed by atoms with Gasteiger partial charge in [0.25, 0.3) is 0 Å². The number of hydrogen-bond donors (Lipinski definition) is 1. The molecule has 0 saturated heterocycles. The Morgan fingerprint density at radius 2 is 1.71 bits per heavy atom. The van der Waals surface area contributed by atoms with E-state index in [0.29, 0.717) is 13.2 Å². The molecule has 24 heavy (non-hydrogen) atoms. The quantitative estimate of drug-likeness (QED) is 0.531. The van der Waals surface area contributed by atoms with E-state index in [9.17, 15) is 4.79 Å². The lowest BCUT2D eigenvalue weighted by atomic mass is 10.1. The predicted octanol–water partition coefficient (Wildman–Crippen LogP) is 3.89. The first-order valence-corrected chi connectivity index (χ1v) is 8.46. The Kier molecular flexibility index (Phi) is 7.84. The topological polar surface area (TPSA) is 47.6 Å². The van der Waals surface area contributed by atoms with Crippen molar-refractivity contribution in [1.82, 2.24) is 5.48 Å². The molecule has 0 atom stereocenters. The molecule has 0 aliphatic rings. The van der Waals surface area contributed by atoms with Crippen molar-refractivity contribution >= 4 is 5.97 Å². The van der Waals surface area contributed by atoms with Crippen LogP contribution in [0.1, 0.15) is 37.3 Å². The van der Waals surface area contributed by atoms with Crippen molar-refractivity contribution in [3.05, 3.63) is 65.7 Å². The number of carbonyl (C=O) groups is 1. The first-order valence-electron chi connectivity index (χ1n) is 8.46. The molecule has 0 fully saturated rings. The summed E-state index contributed by atoms with van der Waals surface area (Å²) < 4.78 is 5.58. The first kappa shape index (κ1) is 18.0. The van der Waals surface area contributed by atoms with Gasteiger partial charge in [-0.25, -0.2) is 0 Å². The van der Waals surface area contributed by atoms with E-state index in [1.807, 2.05) is 42.5 Å². The number of rotatable bonds is 10. The molecule has 0 heterocycles. The third kappa shape index (κ3) is 6.84. The Bertz CT molecular complexity index is 596. The van der Waals surface area contributed by atoms with Gasteiger partial charge in [0.15, 0.2) is 0 Å². The van der Waals surface area contributed by atoms with Gasteiger partial charge in [-0.1, -0.05) is 55.8 Å². The zero-order valence-electron chi connectivity index (χ0n) is 14.2. The molecule has 4 nitrogen and oxygen atoms in total. The molecule has 0 aliphatic heterocycles. The third-order valence-electron chi connectivity index (χ3n) is 3.57. The Morgan fingerprint density at radius 3 is 2.42 bits per heavy atom. The average molecular weight is 327 g/mol. The van der Waals surface area contributed by atoms with Crippen LogP contribution in [-0.4, -0.2) is 19.1 Å². The van der Waals surface area contributed by atoms with E-state index in [-0.39, 0.29) is 12.4 Å². The summed E-state index contributed by atoms with van der Waals surface area (Å²) in [6.07, 6.45) is 3.18. The number of carbonyl (C=O) groups excluding carboxylic acids is 1. The van der Waals surface area contributed by atoms with E-state index >= 15 is 0 Å². The largest absolute Gasteiger partial charge is 0.493 e. The molecule has 0 spiro atoms. The van der Waals surface area contributed by atoms with Crippen molar-refractivity contribution in [1.29, 1.82) is 0 Å². The lowest BCUT2D eigenvalue weighted by molar-refractivity contribution is -0.151. The fourth-order valence-corrected chi connectivity index (χ4v) is 2.22. The highest BCUT2D eigenvalue weighted by Gasteiger charge is 2.04. The molecule has 1 N–H and O–H groups in total. The van der Waals surface area contributed by atoms with E-state index in [1.54, 1.807) is 0 Å². The smallest absolute Gasteiger partial charge is 0.328 e. The van der Waals surface area contributed by atoms with Crippen molar-refractivity contribution in [2.75, 3.05) is 13.2 Å². The van der Waals surface area contributed by atoms with E-state index in [0.717, 1.165) is 25.0 Å². The minimum atomic E-state index is -0.299. The van der Waals surface area contributed by atoms with E-state index in [2.05, 4.69) is 24.5 Å². The van der Waals surface area contributed by atoms with Gasteiger partial charge in [0.2, 0.25) is 0 Å². The molecule has 2 aromatic rings. The second-order valence-electron chi connectivity index (χ2n) is 5.63. The number of unbranched alkanes of at least 4 members (excludes halogenated alkanes) is 1. The zero-order chi connectivity index (χ0) is 17.0. The highest BCUT2D eigenvalue weighted by Crippen LogP contribution is 2.15. The highest BCUT2D eigenvalue weighted by atomic mass is 16.7. The van der Waals surface area contributed by atoms with Crippen LogP contribution in [0.3, 0.4) is 0 Å². The maximum atomic E-state index is 11.5. The fraction of sp³-hybridized carbons (Fsp3) is 0.350. The van der Waals surface area contributed by atoms with Gasteiger partial charge in [-0.15, -0.1) is 0 Å². The molecular weight excluding hydrogens is 302 g/mol. The van der Waals surface area contributed by atoms with E-state index < -0.39 is 0 Å². The molecule has 0 bridgehead atoms. The van der Waals surface area contributed by atoms with Crippen LogP contribution in [0.4, 0.5) is 0 Å². The van der Waals surface area contributed by atoms with Crippen LogP contribution in [0.25, 0.3) is 0 Å². The standard InChI is InChI=1S/C20H25NO3/c1-2-3-14-21-24-20(22)13-15-23-19-11-9-18(10-12-19)16-17-7-5-4-6-8-17/h4-12,21H,2-3,13-16H2,1H3. The molecule has 0 radical (unpaired) electrons. The lowest BCUT2D eigenvalue weighted by Crippen LogP contribution is -2.22. The van der Waals surface area contributed by atoms with Crippen molar-refractivity contribution in [3.8, 4) is 5.75 Å². The highest BCUT2D eigenvalue weighted by molar-refractivity contribution is 5.69. The molecule has 2 rings (SSSR count). The molecule has 0 amide bonds. The molecule has 0 unspecified atom stereocenters. The Balaban J connectivity index is 1.67. The molecule has 128 valence electrons. The molecule has 4 heteroatoms. The molecular formula is C20H25NO3. The Morgan fingerprint density at radius 1 is 1.00 bits per heavy atom. The summed E-state index contributed by atoms with van der Waals surface area (Å²) in [5.74, 6) is 0.463. The van der Waals surface area contributed by atoms with Gasteiger partial charge in [0.1, 0.15) is 5.75 Å². The second kappa shape index (κ2) is 10.4. The predicted molar refractivity (Wildman–Crippen MR) is 94.8 cm³/mol. The Labute approximate surface area is 143 Å². The minimum Gasteiger partial charge on any atom is -0.493 e. The molecule has 2 aromatic carbocycles. The van der Waals surface area contributed by atoms with Gasteiger partial charge >= 0.3 is 5.97 Å². The fourth-order valence-electron chi connectivity index (χ4n) is 2.22. The minimum absolute atomic E-state index is 0.227. The normalized spacial score (nSPS) is 10.4. The van der Waals surface area contributed by atoms with E-state index in [1.165, 1.54) is 11.1 Å². The van der Waals surface area contributed by atoms with Crippen molar-refractivity contribution in [3.63, 3.8) is 0 Å². The lowest BCUT2D eigenvalue weighted by Gasteiger charge is -2.08. The van der Waals surface area contributed by atoms with Crippen molar-refractivity contribution in [2.45, 2.75) is 32.6 Å². The number of benzene rings is 2. The maximum Gasteiger partial charge on any atom is 0.328 e. The van der Waals surface area contributed by atoms with Gasteiger partial charge in [-0.2, -0.15) is 5.48 Å². The van der Waals surface area contributed by atoms with Gasteiger partial charge in [-0.3, -0.25) is 4.79 Å². The summed E-state index contributed by atoms with van der Waals surface area (Å²) in [6.45, 7) is 3.08.